The maximum atomic E-state index is 13.1. The quantitative estimate of drug-likeness (QED) is 0.568. The summed E-state index contributed by atoms with van der Waals surface area (Å²) in [7, 11) is 0. The van der Waals surface area contributed by atoms with Crippen LogP contribution in [0.1, 0.15) is 30.1 Å². The summed E-state index contributed by atoms with van der Waals surface area (Å²) >= 11 is 0. The number of hydrazine groups is 1. The van der Waals surface area contributed by atoms with Gasteiger partial charge in [-0.1, -0.05) is 30.3 Å². The lowest BCUT2D eigenvalue weighted by molar-refractivity contribution is -0.135. The van der Waals surface area contributed by atoms with Crippen molar-refractivity contribution >= 4 is 28.5 Å². The van der Waals surface area contributed by atoms with Gasteiger partial charge in [0.25, 0.3) is 11.8 Å². The Kier molecular flexibility index (Phi) is 7.06. The molecule has 0 aromatic heterocycles. The zero-order chi connectivity index (χ0) is 24.1. The van der Waals surface area contributed by atoms with Crippen LogP contribution in [0, 0.1) is 11.7 Å². The number of carbonyl (C=O) groups excluding carboxylic acids is 3. The van der Waals surface area contributed by atoms with E-state index in [2.05, 4.69) is 10.9 Å². The predicted molar refractivity (Wildman–Crippen MR) is 125 cm³/mol. The third-order valence-electron chi connectivity index (χ3n) is 5.88. The lowest BCUT2D eigenvalue weighted by Gasteiger charge is -2.32. The summed E-state index contributed by atoms with van der Waals surface area (Å²) in [4.78, 5) is 39.3. The number of halogens is 1. The van der Waals surface area contributed by atoms with Gasteiger partial charge in [-0.3, -0.25) is 25.2 Å². The average molecular weight is 464 g/mol. The van der Waals surface area contributed by atoms with E-state index in [1.165, 1.54) is 24.3 Å². The topological polar surface area (TPSA) is 87.7 Å². The van der Waals surface area contributed by atoms with E-state index in [-0.39, 0.29) is 18.4 Å². The molecule has 2 atom stereocenters. The molecule has 2 unspecified atom stereocenters. The van der Waals surface area contributed by atoms with Crippen molar-refractivity contribution in [3.8, 4) is 5.75 Å². The van der Waals surface area contributed by atoms with Gasteiger partial charge in [-0.15, -0.1) is 0 Å². The molecule has 0 spiro atoms. The molecule has 0 bridgehead atoms. The van der Waals surface area contributed by atoms with Gasteiger partial charge in [0.15, 0.2) is 6.10 Å². The lowest BCUT2D eigenvalue weighted by Crippen LogP contribution is -2.52. The van der Waals surface area contributed by atoms with Crippen molar-refractivity contribution < 1.29 is 23.5 Å². The monoisotopic (exact) mass is 463 g/mol. The second kappa shape index (κ2) is 10.3. The highest BCUT2D eigenvalue weighted by Gasteiger charge is 2.29. The Balaban J connectivity index is 1.28. The van der Waals surface area contributed by atoms with Crippen molar-refractivity contribution in [2.75, 3.05) is 13.1 Å². The van der Waals surface area contributed by atoms with Gasteiger partial charge in [-0.2, -0.15) is 0 Å². The number of rotatable bonds is 5. The van der Waals surface area contributed by atoms with Crippen LogP contribution in [0.15, 0.2) is 66.7 Å². The number of carbonyl (C=O) groups is 3. The minimum Gasteiger partial charge on any atom is -0.481 e. The molecule has 1 heterocycles. The minimum absolute atomic E-state index is 0.223. The number of hydrogen-bond donors (Lipinski definition) is 2. The molecule has 1 fully saturated rings. The number of piperidine rings is 1. The Morgan fingerprint density at radius 1 is 1.00 bits per heavy atom. The zero-order valence-corrected chi connectivity index (χ0v) is 18.8. The van der Waals surface area contributed by atoms with Crippen molar-refractivity contribution in [1.82, 2.24) is 15.8 Å². The van der Waals surface area contributed by atoms with Gasteiger partial charge in [0.1, 0.15) is 11.6 Å². The first kappa shape index (κ1) is 23.2. The van der Waals surface area contributed by atoms with Crippen LogP contribution in [0.3, 0.4) is 0 Å². The molecule has 4 rings (SSSR count). The standard InChI is InChI=1S/C26H26FN3O4/c1-17(34-23-13-10-18-5-2-3-6-20(18)15-23)24(31)28-29-25(32)21-7-4-14-30(16-21)26(33)19-8-11-22(27)12-9-19/h2-3,5-6,8-13,15,17,21H,4,7,14,16H2,1H3,(H,28,31)(H,29,32). The molecule has 3 aromatic carbocycles. The molecule has 0 radical (unpaired) electrons. The van der Waals surface area contributed by atoms with E-state index in [4.69, 9.17) is 4.74 Å². The number of fused-ring (bicyclic) bond motifs is 1. The molecule has 2 N–H and O–H groups in total. The number of likely N-dealkylation sites (tertiary alicyclic amines) is 1. The van der Waals surface area contributed by atoms with Gasteiger partial charge >= 0.3 is 0 Å². The Labute approximate surface area is 196 Å². The smallest absolute Gasteiger partial charge is 0.279 e. The summed E-state index contributed by atoms with van der Waals surface area (Å²) in [5.74, 6) is -1.44. The molecule has 34 heavy (non-hydrogen) atoms. The Hall–Kier alpha value is -3.94. The van der Waals surface area contributed by atoms with Crippen LogP contribution in [0.25, 0.3) is 10.8 Å². The Morgan fingerprint density at radius 2 is 1.74 bits per heavy atom. The molecular weight excluding hydrogens is 437 g/mol. The SMILES string of the molecule is CC(Oc1ccc2ccccc2c1)C(=O)NNC(=O)C1CCCN(C(=O)c2ccc(F)cc2)C1. The largest absolute Gasteiger partial charge is 0.481 e. The van der Waals surface area contributed by atoms with Gasteiger partial charge < -0.3 is 9.64 Å². The third kappa shape index (κ3) is 5.51. The predicted octanol–water partition coefficient (Wildman–Crippen LogP) is 3.45. The molecule has 1 aliphatic heterocycles. The van der Waals surface area contributed by atoms with Crippen molar-refractivity contribution in [2.45, 2.75) is 25.9 Å². The summed E-state index contributed by atoms with van der Waals surface area (Å²) in [6.45, 7) is 2.34. The van der Waals surface area contributed by atoms with Crippen LogP contribution in [-0.4, -0.2) is 41.8 Å². The first-order valence-electron chi connectivity index (χ1n) is 11.2. The second-order valence-electron chi connectivity index (χ2n) is 8.34. The van der Waals surface area contributed by atoms with Gasteiger partial charge in [0.05, 0.1) is 5.92 Å². The lowest BCUT2D eigenvalue weighted by atomic mass is 9.96. The van der Waals surface area contributed by atoms with Crippen LogP contribution in [0.2, 0.25) is 0 Å². The normalized spacial score (nSPS) is 16.5. The molecule has 1 aliphatic rings. The van der Waals surface area contributed by atoms with E-state index in [0.717, 1.165) is 10.8 Å². The average Bonchev–Trinajstić information content (AvgIpc) is 2.87. The van der Waals surface area contributed by atoms with Gasteiger partial charge in [-0.05, 0) is 66.9 Å². The zero-order valence-electron chi connectivity index (χ0n) is 18.8. The maximum Gasteiger partial charge on any atom is 0.279 e. The fourth-order valence-electron chi connectivity index (χ4n) is 3.98. The number of benzene rings is 3. The summed E-state index contributed by atoms with van der Waals surface area (Å²) in [5, 5.41) is 2.07. The van der Waals surface area contributed by atoms with E-state index in [9.17, 15) is 18.8 Å². The highest BCUT2D eigenvalue weighted by atomic mass is 19.1. The molecule has 7 nitrogen and oxygen atoms in total. The first-order chi connectivity index (χ1) is 16.4. The van der Waals surface area contributed by atoms with E-state index in [0.29, 0.717) is 30.7 Å². The second-order valence-corrected chi connectivity index (χ2v) is 8.34. The van der Waals surface area contributed by atoms with Crippen molar-refractivity contribution in [3.05, 3.63) is 78.1 Å². The molecule has 0 saturated carbocycles. The maximum absolute atomic E-state index is 13.1. The van der Waals surface area contributed by atoms with Crippen LogP contribution in [-0.2, 0) is 9.59 Å². The molecular formula is C26H26FN3O4. The van der Waals surface area contributed by atoms with E-state index >= 15 is 0 Å². The molecule has 176 valence electrons. The molecule has 1 saturated heterocycles. The van der Waals surface area contributed by atoms with Crippen molar-refractivity contribution in [3.63, 3.8) is 0 Å². The highest BCUT2D eigenvalue weighted by Crippen LogP contribution is 2.22. The summed E-state index contributed by atoms with van der Waals surface area (Å²) in [6.07, 6.45) is 0.419. The number of nitrogens with zero attached hydrogens (tertiary/aromatic N) is 1. The molecule has 0 aliphatic carbocycles. The molecule has 8 heteroatoms. The Bertz CT molecular complexity index is 1200. The third-order valence-corrected chi connectivity index (χ3v) is 5.88. The van der Waals surface area contributed by atoms with E-state index in [1.54, 1.807) is 17.9 Å². The number of nitrogens with one attached hydrogen (secondary N) is 2. The highest BCUT2D eigenvalue weighted by molar-refractivity contribution is 5.95. The minimum atomic E-state index is -0.829. The van der Waals surface area contributed by atoms with Crippen LogP contribution >= 0.6 is 0 Å². The summed E-state index contributed by atoms with van der Waals surface area (Å²) in [6, 6.07) is 18.7. The summed E-state index contributed by atoms with van der Waals surface area (Å²) in [5.41, 5.74) is 5.23. The van der Waals surface area contributed by atoms with Crippen molar-refractivity contribution in [2.24, 2.45) is 5.92 Å². The number of amides is 3. The number of ether oxygens (including phenoxy) is 1. The van der Waals surface area contributed by atoms with Crippen LogP contribution in [0.5, 0.6) is 5.75 Å². The van der Waals surface area contributed by atoms with Gasteiger partial charge in [0, 0.05) is 18.7 Å². The van der Waals surface area contributed by atoms with Crippen LogP contribution < -0.4 is 15.6 Å². The first-order valence-corrected chi connectivity index (χ1v) is 11.2. The van der Waals surface area contributed by atoms with Crippen molar-refractivity contribution in [1.29, 1.82) is 0 Å². The van der Waals surface area contributed by atoms with Crippen LogP contribution in [0.4, 0.5) is 4.39 Å². The Morgan fingerprint density at radius 3 is 2.50 bits per heavy atom. The molecule has 3 amide bonds. The molecule has 3 aromatic rings. The fraction of sp³-hybridized carbons (Fsp3) is 0.269. The van der Waals surface area contributed by atoms with E-state index in [1.807, 2.05) is 36.4 Å². The van der Waals surface area contributed by atoms with E-state index < -0.39 is 23.7 Å². The summed E-state index contributed by atoms with van der Waals surface area (Å²) < 4.78 is 18.9. The number of hydrogen-bond acceptors (Lipinski definition) is 4. The van der Waals surface area contributed by atoms with Gasteiger partial charge in [-0.25, -0.2) is 4.39 Å². The fourth-order valence-corrected chi connectivity index (χ4v) is 3.98. The van der Waals surface area contributed by atoms with Gasteiger partial charge in [0.2, 0.25) is 5.91 Å².